The molecule has 5 nitrogen and oxygen atoms in total. The van der Waals surface area contributed by atoms with E-state index < -0.39 is 0 Å². The third-order valence-electron chi connectivity index (χ3n) is 6.13. The monoisotopic (exact) mass is 463 g/mol. The van der Waals surface area contributed by atoms with Crippen LogP contribution in [0.25, 0.3) is 11.1 Å². The molecule has 0 N–H and O–H groups in total. The van der Waals surface area contributed by atoms with Gasteiger partial charge in [0.05, 0.1) is 33.3 Å². The second-order valence-corrected chi connectivity index (χ2v) is 8.24. The van der Waals surface area contributed by atoms with Crippen molar-refractivity contribution in [2.75, 3.05) is 46.4 Å². The molecule has 1 aliphatic rings. The second kappa shape index (κ2) is 9.92. The number of hydrogen-bond donors (Lipinski definition) is 0. The Hall–Kier alpha value is -1.63. The van der Waals surface area contributed by atoms with E-state index in [4.69, 9.17) is 4.74 Å². The van der Waals surface area contributed by atoms with E-state index in [9.17, 15) is 4.79 Å². The average molecular weight is 464 g/mol. The number of aromatic nitrogens is 1. The molecule has 0 bridgehead atoms. The van der Waals surface area contributed by atoms with E-state index in [1.54, 1.807) is 11.6 Å². The smallest absolute Gasteiger partial charge is 0.253 e. The molecule has 2 heterocycles. The summed E-state index contributed by atoms with van der Waals surface area (Å²) in [4.78, 5) is 14.5. The number of likely N-dealkylation sites (N-methyl/N-ethyl adjacent to an activating group) is 1. The van der Waals surface area contributed by atoms with Crippen molar-refractivity contribution >= 4 is 0 Å². The van der Waals surface area contributed by atoms with E-state index in [0.29, 0.717) is 6.61 Å². The van der Waals surface area contributed by atoms with Gasteiger partial charge in [-0.3, -0.25) is 9.69 Å². The first-order chi connectivity index (χ1) is 13.3. The fourth-order valence-electron chi connectivity index (χ4n) is 3.89. The summed E-state index contributed by atoms with van der Waals surface area (Å²) in [5.74, 6) is 0.949. The minimum Gasteiger partial charge on any atom is -1.00 e. The first-order valence-electron chi connectivity index (χ1n) is 10.3. The highest BCUT2D eigenvalue weighted by Crippen LogP contribution is 2.29. The Morgan fingerprint density at radius 3 is 2.38 bits per heavy atom. The van der Waals surface area contributed by atoms with Gasteiger partial charge < -0.3 is 30.8 Å². The van der Waals surface area contributed by atoms with Crippen LogP contribution in [0, 0.1) is 6.92 Å². The maximum atomic E-state index is 12.0. The van der Waals surface area contributed by atoms with Gasteiger partial charge in [-0.25, -0.2) is 0 Å². The van der Waals surface area contributed by atoms with Crippen molar-refractivity contribution < 1.29 is 26.2 Å². The molecular weight excluding hydrogens is 430 g/mol. The summed E-state index contributed by atoms with van der Waals surface area (Å²) < 4.78 is 8.80. The summed E-state index contributed by atoms with van der Waals surface area (Å²) in [7, 11) is 4.16. The molecule has 1 aromatic carbocycles. The fraction of sp³-hybridized carbons (Fsp3) is 0.522. The Morgan fingerprint density at radius 2 is 1.79 bits per heavy atom. The summed E-state index contributed by atoms with van der Waals surface area (Å²) in [5.41, 5.74) is 4.17. The molecule has 29 heavy (non-hydrogen) atoms. The number of benzene rings is 1. The van der Waals surface area contributed by atoms with Crippen molar-refractivity contribution in [1.82, 2.24) is 9.47 Å². The molecule has 0 unspecified atom stereocenters. The quantitative estimate of drug-likeness (QED) is 0.567. The topological polar surface area (TPSA) is 34.5 Å². The first kappa shape index (κ1) is 23.6. The number of ether oxygens (including phenoxy) is 1. The van der Waals surface area contributed by atoms with Crippen LogP contribution in [0.4, 0.5) is 0 Å². The van der Waals surface area contributed by atoms with Gasteiger partial charge in [0, 0.05) is 44.0 Å². The Morgan fingerprint density at radius 1 is 1.10 bits per heavy atom. The lowest BCUT2D eigenvalue weighted by molar-refractivity contribution is -0.912. The highest BCUT2D eigenvalue weighted by atomic mass is 79.9. The molecule has 160 valence electrons. The SMILES string of the molecule is CCOc1cc(-c2cc(C)c(=O)n(C)c2)ccc1CN1CC[N+](C)(CC)CC1.[Br-]. The minimum atomic E-state index is 0. The summed E-state index contributed by atoms with van der Waals surface area (Å²) in [6, 6.07) is 8.41. The van der Waals surface area contributed by atoms with E-state index in [0.717, 1.165) is 42.1 Å². The van der Waals surface area contributed by atoms with Gasteiger partial charge in [-0.05, 0) is 44.0 Å². The highest BCUT2D eigenvalue weighted by Gasteiger charge is 2.27. The van der Waals surface area contributed by atoms with Gasteiger partial charge in [0.15, 0.2) is 0 Å². The van der Waals surface area contributed by atoms with Crippen LogP contribution in [-0.4, -0.2) is 60.3 Å². The van der Waals surface area contributed by atoms with Crippen molar-refractivity contribution in [2.45, 2.75) is 27.3 Å². The Kier molecular flexibility index (Phi) is 8.09. The lowest BCUT2D eigenvalue weighted by Crippen LogP contribution is -3.00. The second-order valence-electron chi connectivity index (χ2n) is 8.24. The maximum absolute atomic E-state index is 12.0. The number of piperazine rings is 1. The molecule has 0 atom stereocenters. The van der Waals surface area contributed by atoms with Gasteiger partial charge in [0.1, 0.15) is 5.75 Å². The van der Waals surface area contributed by atoms with Crippen molar-refractivity contribution in [1.29, 1.82) is 0 Å². The minimum absolute atomic E-state index is 0. The molecule has 1 aliphatic heterocycles. The van der Waals surface area contributed by atoms with Crippen molar-refractivity contribution in [3.05, 3.63) is 51.9 Å². The molecule has 1 fully saturated rings. The lowest BCUT2D eigenvalue weighted by Gasteiger charge is -2.41. The molecule has 1 aromatic heterocycles. The van der Waals surface area contributed by atoms with Crippen LogP contribution in [0.3, 0.4) is 0 Å². The molecule has 1 saturated heterocycles. The van der Waals surface area contributed by atoms with Gasteiger partial charge in [-0.1, -0.05) is 12.1 Å². The van der Waals surface area contributed by atoms with E-state index >= 15 is 0 Å². The van der Waals surface area contributed by atoms with Gasteiger partial charge in [0.25, 0.3) is 5.56 Å². The van der Waals surface area contributed by atoms with Crippen molar-refractivity contribution in [3.63, 3.8) is 0 Å². The number of quaternary nitrogens is 1. The molecule has 0 radical (unpaired) electrons. The van der Waals surface area contributed by atoms with Crippen molar-refractivity contribution in [2.24, 2.45) is 7.05 Å². The summed E-state index contributed by atoms with van der Waals surface area (Å²) in [6.07, 6.45) is 1.90. The third kappa shape index (κ3) is 5.50. The number of nitrogens with zero attached hydrogens (tertiary/aromatic N) is 3. The Labute approximate surface area is 185 Å². The Balaban J connectivity index is 0.00000300. The molecule has 0 spiro atoms. The standard InChI is InChI=1S/C23H34N3O2.BrH/c1-6-26(5)12-10-25(11-13-26)17-20-9-8-19(15-22(20)28-7-2)21-14-18(3)23(27)24(4)16-21;/h8-9,14-16H,6-7,10-13,17H2,1-5H3;1H/q+1;/p-1. The van der Waals surface area contributed by atoms with Gasteiger partial charge in [0.2, 0.25) is 0 Å². The Bertz CT molecular complexity index is 860. The van der Waals surface area contributed by atoms with Crippen LogP contribution >= 0.6 is 0 Å². The van der Waals surface area contributed by atoms with E-state index in [1.165, 1.54) is 29.7 Å². The summed E-state index contributed by atoms with van der Waals surface area (Å²) in [6.45, 7) is 13.6. The number of rotatable bonds is 6. The molecule has 0 aliphatic carbocycles. The number of halogens is 1. The average Bonchev–Trinajstić information content (AvgIpc) is 2.69. The molecular formula is C23H34BrN3O2. The van der Waals surface area contributed by atoms with E-state index in [2.05, 4.69) is 37.1 Å². The van der Waals surface area contributed by atoms with E-state index in [1.807, 2.05) is 26.1 Å². The highest BCUT2D eigenvalue weighted by molar-refractivity contribution is 5.66. The van der Waals surface area contributed by atoms with Gasteiger partial charge in [-0.2, -0.15) is 0 Å². The zero-order chi connectivity index (χ0) is 20.3. The van der Waals surface area contributed by atoms with Crippen LogP contribution in [0.15, 0.2) is 35.3 Å². The number of pyridine rings is 1. The number of hydrogen-bond acceptors (Lipinski definition) is 3. The van der Waals surface area contributed by atoms with Crippen molar-refractivity contribution in [3.8, 4) is 16.9 Å². The predicted molar refractivity (Wildman–Crippen MR) is 115 cm³/mol. The molecule has 6 heteroatoms. The van der Waals surface area contributed by atoms with Gasteiger partial charge in [-0.15, -0.1) is 0 Å². The van der Waals surface area contributed by atoms with E-state index in [-0.39, 0.29) is 22.5 Å². The van der Waals surface area contributed by atoms with Crippen LogP contribution in [0.2, 0.25) is 0 Å². The summed E-state index contributed by atoms with van der Waals surface area (Å²) in [5, 5.41) is 0. The van der Waals surface area contributed by atoms with Crippen LogP contribution in [0.1, 0.15) is 25.0 Å². The summed E-state index contributed by atoms with van der Waals surface area (Å²) >= 11 is 0. The normalized spacial score (nSPS) is 16.3. The van der Waals surface area contributed by atoms with Gasteiger partial charge >= 0.3 is 0 Å². The van der Waals surface area contributed by atoms with Crippen LogP contribution in [-0.2, 0) is 13.6 Å². The largest absolute Gasteiger partial charge is 1.00 e. The lowest BCUT2D eigenvalue weighted by atomic mass is 10.0. The zero-order valence-corrected chi connectivity index (χ0v) is 20.0. The molecule has 0 amide bonds. The molecule has 2 aromatic rings. The first-order valence-corrected chi connectivity index (χ1v) is 10.3. The third-order valence-corrected chi connectivity index (χ3v) is 6.13. The number of aryl methyl sites for hydroxylation is 2. The molecule has 3 rings (SSSR count). The maximum Gasteiger partial charge on any atom is 0.253 e. The molecule has 0 saturated carbocycles. The van der Waals surface area contributed by atoms with Crippen LogP contribution in [0.5, 0.6) is 5.75 Å². The fourth-order valence-corrected chi connectivity index (χ4v) is 3.89. The van der Waals surface area contributed by atoms with Crippen LogP contribution < -0.4 is 27.3 Å². The zero-order valence-electron chi connectivity index (χ0n) is 18.4. The predicted octanol–water partition coefficient (Wildman–Crippen LogP) is 0.0455.